The number of hydrazone groups is 1. The highest BCUT2D eigenvalue weighted by Crippen LogP contribution is 2.54. The largest absolute Gasteiger partial charge is 0.456 e. The van der Waals surface area contributed by atoms with Crippen LogP contribution in [0, 0.1) is 5.41 Å². The number of rotatable bonds is 2. The first-order chi connectivity index (χ1) is 9.45. The maximum Gasteiger partial charge on any atom is 0.456 e. The number of benzene rings is 1. The van der Waals surface area contributed by atoms with E-state index in [1.807, 2.05) is 30.3 Å². The zero-order valence-electron chi connectivity index (χ0n) is 10.6. The molecule has 1 saturated carbocycles. The van der Waals surface area contributed by atoms with Crippen molar-refractivity contribution in [3.63, 3.8) is 0 Å². The van der Waals surface area contributed by atoms with Gasteiger partial charge < -0.3 is 5.43 Å². The number of Topliss-reactive ketones (excluding diaryl/α,β-unsaturated/α-hetero) is 1. The van der Waals surface area contributed by atoms with Crippen molar-refractivity contribution in [1.82, 2.24) is 5.43 Å². The molecule has 3 nitrogen and oxygen atoms in total. The Labute approximate surface area is 113 Å². The lowest BCUT2D eigenvalue weighted by molar-refractivity contribution is -0.163. The molecule has 1 N–H and O–H groups in total. The van der Waals surface area contributed by atoms with Gasteiger partial charge in [0.1, 0.15) is 5.71 Å². The molecule has 0 amide bonds. The zero-order valence-corrected chi connectivity index (χ0v) is 10.6. The minimum Gasteiger partial charge on any atom is -0.301 e. The van der Waals surface area contributed by atoms with E-state index < -0.39 is 17.4 Å². The minimum absolute atomic E-state index is 0.348. The SMILES string of the molecule is O=C(C1=NN[C@@H](c2ccccc2)C12CCC2)C(F)(F)F. The molecule has 0 saturated heterocycles. The van der Waals surface area contributed by atoms with Crippen molar-refractivity contribution in [3.8, 4) is 0 Å². The summed E-state index contributed by atoms with van der Waals surface area (Å²) in [7, 11) is 0. The highest BCUT2D eigenvalue weighted by atomic mass is 19.4. The fourth-order valence-electron chi connectivity index (χ4n) is 3.03. The van der Waals surface area contributed by atoms with Gasteiger partial charge in [-0.05, 0) is 18.4 Å². The summed E-state index contributed by atoms with van der Waals surface area (Å²) < 4.78 is 38.0. The maximum absolute atomic E-state index is 12.7. The number of hydrogen-bond donors (Lipinski definition) is 1. The predicted octanol–water partition coefficient (Wildman–Crippen LogP) is 2.99. The van der Waals surface area contributed by atoms with Crippen molar-refractivity contribution in [2.24, 2.45) is 10.5 Å². The van der Waals surface area contributed by atoms with E-state index in [4.69, 9.17) is 0 Å². The number of nitrogens with one attached hydrogen (secondary N) is 1. The van der Waals surface area contributed by atoms with Gasteiger partial charge in [-0.2, -0.15) is 18.3 Å². The number of halogens is 3. The molecule has 1 atom stereocenters. The van der Waals surface area contributed by atoms with Gasteiger partial charge in [-0.15, -0.1) is 0 Å². The maximum atomic E-state index is 12.7. The van der Waals surface area contributed by atoms with Crippen LogP contribution in [0.2, 0.25) is 0 Å². The molecule has 6 heteroatoms. The van der Waals surface area contributed by atoms with Crippen molar-refractivity contribution in [1.29, 1.82) is 0 Å². The van der Waals surface area contributed by atoms with Gasteiger partial charge >= 0.3 is 6.18 Å². The van der Waals surface area contributed by atoms with Crippen molar-refractivity contribution < 1.29 is 18.0 Å². The molecule has 2 aliphatic rings. The lowest BCUT2D eigenvalue weighted by Gasteiger charge is -2.43. The standard InChI is InChI=1S/C14H13F3N2O/c15-14(16,17)12(20)11-13(7-4-8-13)10(18-19-11)9-5-2-1-3-6-9/h1-3,5-6,10,18H,4,7-8H2/t10-/m0/s1. The summed E-state index contributed by atoms with van der Waals surface area (Å²) in [5.74, 6) is -1.82. The lowest BCUT2D eigenvalue weighted by atomic mass is 9.59. The van der Waals surface area contributed by atoms with Gasteiger partial charge in [0.2, 0.25) is 0 Å². The Bertz CT molecular complexity index is 562. The predicted molar refractivity (Wildman–Crippen MR) is 67.1 cm³/mol. The van der Waals surface area contributed by atoms with Crippen LogP contribution in [0.1, 0.15) is 30.9 Å². The average molecular weight is 282 g/mol. The molecule has 1 aliphatic carbocycles. The third-order valence-corrected chi connectivity index (χ3v) is 4.18. The third kappa shape index (κ3) is 1.82. The van der Waals surface area contributed by atoms with Crippen molar-refractivity contribution in [2.75, 3.05) is 0 Å². The third-order valence-electron chi connectivity index (χ3n) is 4.18. The Hall–Kier alpha value is -1.85. The summed E-state index contributed by atoms with van der Waals surface area (Å²) in [6, 6.07) is 8.83. The molecular weight excluding hydrogens is 269 g/mol. The van der Waals surface area contributed by atoms with Crippen LogP contribution in [-0.2, 0) is 4.79 Å². The van der Waals surface area contributed by atoms with Crippen LogP contribution >= 0.6 is 0 Å². The number of carbonyl (C=O) groups is 1. The fourth-order valence-corrected chi connectivity index (χ4v) is 3.03. The molecule has 0 unspecified atom stereocenters. The molecule has 1 spiro atoms. The van der Waals surface area contributed by atoms with Crippen LogP contribution in [0.25, 0.3) is 0 Å². The number of hydrogen-bond acceptors (Lipinski definition) is 3. The van der Waals surface area contributed by atoms with E-state index in [9.17, 15) is 18.0 Å². The molecule has 0 aromatic heterocycles. The monoisotopic (exact) mass is 282 g/mol. The molecule has 106 valence electrons. The summed E-state index contributed by atoms with van der Waals surface area (Å²) >= 11 is 0. The second-order valence-corrected chi connectivity index (χ2v) is 5.27. The van der Waals surface area contributed by atoms with Gasteiger partial charge in [0.05, 0.1) is 6.04 Å². The first-order valence-electron chi connectivity index (χ1n) is 6.45. The molecule has 1 aromatic carbocycles. The molecule has 1 heterocycles. The molecule has 1 aromatic rings. The highest BCUT2D eigenvalue weighted by molar-refractivity contribution is 6.44. The molecular formula is C14H13F3N2O. The van der Waals surface area contributed by atoms with Crippen LogP contribution < -0.4 is 5.43 Å². The van der Waals surface area contributed by atoms with Crippen molar-refractivity contribution in [2.45, 2.75) is 31.5 Å². The van der Waals surface area contributed by atoms with E-state index in [0.29, 0.717) is 12.8 Å². The molecule has 20 heavy (non-hydrogen) atoms. The van der Waals surface area contributed by atoms with E-state index in [-0.39, 0.29) is 11.8 Å². The summed E-state index contributed by atoms with van der Waals surface area (Å²) in [6.45, 7) is 0. The van der Waals surface area contributed by atoms with Gasteiger partial charge in [-0.3, -0.25) is 4.79 Å². The Balaban J connectivity index is 1.95. The van der Waals surface area contributed by atoms with Gasteiger partial charge in [0, 0.05) is 5.41 Å². The second kappa shape index (κ2) is 4.33. The average Bonchev–Trinajstić information content (AvgIpc) is 2.77. The van der Waals surface area contributed by atoms with E-state index in [1.54, 1.807) is 0 Å². The summed E-state index contributed by atoms with van der Waals surface area (Å²) in [6.07, 6.45) is -2.94. The van der Waals surface area contributed by atoms with E-state index in [0.717, 1.165) is 12.0 Å². The second-order valence-electron chi connectivity index (χ2n) is 5.27. The van der Waals surface area contributed by atoms with Gasteiger partial charge in [0.15, 0.2) is 0 Å². The van der Waals surface area contributed by atoms with Crippen LogP contribution in [0.5, 0.6) is 0 Å². The number of alkyl halides is 3. The molecule has 1 aliphatic heterocycles. The molecule has 0 bridgehead atoms. The Morgan fingerprint density at radius 2 is 1.90 bits per heavy atom. The van der Waals surface area contributed by atoms with Crippen molar-refractivity contribution in [3.05, 3.63) is 35.9 Å². The number of carbonyl (C=O) groups excluding carboxylic acids is 1. The summed E-state index contributed by atoms with van der Waals surface area (Å²) in [5, 5.41) is 3.73. The molecule has 1 fully saturated rings. The Morgan fingerprint density at radius 1 is 1.25 bits per heavy atom. The van der Waals surface area contributed by atoms with E-state index >= 15 is 0 Å². The zero-order chi connectivity index (χ0) is 14.4. The quantitative estimate of drug-likeness (QED) is 0.906. The van der Waals surface area contributed by atoms with Crippen LogP contribution in [0.4, 0.5) is 13.2 Å². The van der Waals surface area contributed by atoms with Crippen LogP contribution in [0.3, 0.4) is 0 Å². The molecule has 0 radical (unpaired) electrons. The van der Waals surface area contributed by atoms with Gasteiger partial charge in [-0.25, -0.2) is 0 Å². The normalized spacial score (nSPS) is 23.9. The van der Waals surface area contributed by atoms with Crippen molar-refractivity contribution >= 4 is 11.5 Å². The number of nitrogens with zero attached hydrogens (tertiary/aromatic N) is 1. The smallest absolute Gasteiger partial charge is 0.301 e. The first kappa shape index (κ1) is 13.1. The summed E-state index contributed by atoms with van der Waals surface area (Å²) in [4.78, 5) is 11.6. The van der Waals surface area contributed by atoms with Crippen LogP contribution in [0.15, 0.2) is 35.4 Å². The first-order valence-corrected chi connectivity index (χ1v) is 6.45. The van der Waals surface area contributed by atoms with E-state index in [1.165, 1.54) is 0 Å². The highest BCUT2D eigenvalue weighted by Gasteiger charge is 2.59. The molecule has 3 rings (SSSR count). The Kier molecular flexibility index (Phi) is 2.84. The number of ketones is 1. The lowest BCUT2D eigenvalue weighted by Crippen LogP contribution is -2.48. The van der Waals surface area contributed by atoms with Gasteiger partial charge in [0.25, 0.3) is 5.78 Å². The topological polar surface area (TPSA) is 41.5 Å². The Morgan fingerprint density at radius 3 is 2.40 bits per heavy atom. The fraction of sp³-hybridized carbons (Fsp3) is 0.429. The summed E-state index contributed by atoms with van der Waals surface area (Å²) in [5.41, 5.74) is 2.44. The minimum atomic E-state index is -4.87. The van der Waals surface area contributed by atoms with Gasteiger partial charge in [-0.1, -0.05) is 36.8 Å². The van der Waals surface area contributed by atoms with Crippen LogP contribution in [-0.4, -0.2) is 17.7 Å². The van der Waals surface area contributed by atoms with E-state index in [2.05, 4.69) is 10.5 Å².